The summed E-state index contributed by atoms with van der Waals surface area (Å²) in [6.07, 6.45) is 5.13. The Labute approximate surface area is 93.1 Å². The lowest BCUT2D eigenvalue weighted by Gasteiger charge is -2.14. The summed E-state index contributed by atoms with van der Waals surface area (Å²) in [7, 11) is 1.83. The topological polar surface area (TPSA) is 74.5 Å². The maximum absolute atomic E-state index is 5.95. The Balaban J connectivity index is 2.13. The molecule has 0 spiro atoms. The molecular formula is C10H14N6. The van der Waals surface area contributed by atoms with Crippen LogP contribution in [-0.2, 0) is 20.0 Å². The van der Waals surface area contributed by atoms with Crippen LogP contribution in [-0.4, -0.2) is 24.5 Å². The monoisotopic (exact) mass is 218 g/mol. The first kappa shape index (κ1) is 9.38. The first-order valence-corrected chi connectivity index (χ1v) is 5.47. The third kappa shape index (κ3) is 1.22. The van der Waals surface area contributed by atoms with Crippen molar-refractivity contribution in [3.63, 3.8) is 0 Å². The molecule has 0 fully saturated rings. The molecular weight excluding hydrogens is 204 g/mol. The molecule has 6 heteroatoms. The molecule has 3 heterocycles. The predicted octanol–water partition coefficient (Wildman–Crippen LogP) is 0.597. The summed E-state index contributed by atoms with van der Waals surface area (Å²) in [5, 5.41) is 12.6. The summed E-state index contributed by atoms with van der Waals surface area (Å²) in [4.78, 5) is 0. The summed E-state index contributed by atoms with van der Waals surface area (Å²) in [5.41, 5.74) is 6.82. The largest absolute Gasteiger partial charge is 0.383 e. The highest BCUT2D eigenvalue weighted by Crippen LogP contribution is 2.26. The molecule has 0 atom stereocenters. The normalized spacial score (nSPS) is 15.1. The summed E-state index contributed by atoms with van der Waals surface area (Å²) < 4.78 is 3.80. The van der Waals surface area contributed by atoms with Gasteiger partial charge in [0, 0.05) is 20.0 Å². The van der Waals surface area contributed by atoms with E-state index in [1.54, 1.807) is 10.9 Å². The minimum atomic E-state index is 0.640. The molecule has 6 nitrogen and oxygen atoms in total. The van der Waals surface area contributed by atoms with Crippen LogP contribution in [0.15, 0.2) is 6.20 Å². The SMILES string of the molecule is Cn1ncc(-c2nnc3n2CCCC3)c1N. The average molecular weight is 218 g/mol. The number of nitrogens with two attached hydrogens (primary N) is 1. The van der Waals surface area contributed by atoms with E-state index in [4.69, 9.17) is 5.73 Å². The average Bonchev–Trinajstić information content (AvgIpc) is 2.85. The van der Waals surface area contributed by atoms with Gasteiger partial charge in [-0.2, -0.15) is 5.10 Å². The number of nitrogens with zero attached hydrogens (tertiary/aromatic N) is 5. The van der Waals surface area contributed by atoms with Crippen LogP contribution in [0.1, 0.15) is 18.7 Å². The molecule has 1 aliphatic heterocycles. The highest BCUT2D eigenvalue weighted by molar-refractivity contribution is 5.68. The molecule has 1 aliphatic rings. The van der Waals surface area contributed by atoms with Gasteiger partial charge in [0.15, 0.2) is 5.82 Å². The summed E-state index contributed by atoms with van der Waals surface area (Å²) in [6, 6.07) is 0. The zero-order valence-electron chi connectivity index (χ0n) is 9.22. The Morgan fingerprint density at radius 2 is 2.19 bits per heavy atom. The van der Waals surface area contributed by atoms with Crippen LogP contribution in [0.25, 0.3) is 11.4 Å². The molecule has 0 unspecified atom stereocenters. The van der Waals surface area contributed by atoms with Crippen LogP contribution in [0.4, 0.5) is 5.82 Å². The van der Waals surface area contributed by atoms with Gasteiger partial charge in [-0.1, -0.05) is 0 Å². The van der Waals surface area contributed by atoms with Crippen LogP contribution in [0.5, 0.6) is 0 Å². The van der Waals surface area contributed by atoms with Gasteiger partial charge in [0.05, 0.1) is 11.8 Å². The predicted molar refractivity (Wildman–Crippen MR) is 59.6 cm³/mol. The van der Waals surface area contributed by atoms with Gasteiger partial charge in [0.25, 0.3) is 0 Å². The van der Waals surface area contributed by atoms with E-state index in [2.05, 4.69) is 19.9 Å². The molecule has 0 aromatic carbocycles. The highest BCUT2D eigenvalue weighted by Gasteiger charge is 2.19. The Morgan fingerprint density at radius 3 is 2.94 bits per heavy atom. The van der Waals surface area contributed by atoms with E-state index in [9.17, 15) is 0 Å². The van der Waals surface area contributed by atoms with Crippen LogP contribution in [0.3, 0.4) is 0 Å². The lowest BCUT2D eigenvalue weighted by atomic mass is 10.1. The fraction of sp³-hybridized carbons (Fsp3) is 0.500. The van der Waals surface area contributed by atoms with E-state index in [1.807, 2.05) is 7.05 Å². The number of aromatic nitrogens is 5. The number of fused-ring (bicyclic) bond motifs is 1. The maximum Gasteiger partial charge on any atom is 0.169 e. The summed E-state index contributed by atoms with van der Waals surface area (Å²) >= 11 is 0. The van der Waals surface area contributed by atoms with E-state index in [0.29, 0.717) is 5.82 Å². The fourth-order valence-electron chi connectivity index (χ4n) is 2.13. The van der Waals surface area contributed by atoms with Crippen molar-refractivity contribution in [2.75, 3.05) is 5.73 Å². The standard InChI is InChI=1S/C10H14N6/c1-15-9(11)7(6-12-15)10-14-13-8-4-2-3-5-16(8)10/h6H,2-5,11H2,1H3. The molecule has 16 heavy (non-hydrogen) atoms. The van der Waals surface area contributed by atoms with Crippen molar-refractivity contribution in [1.29, 1.82) is 0 Å². The number of hydrogen-bond acceptors (Lipinski definition) is 4. The third-order valence-electron chi connectivity index (χ3n) is 3.09. The van der Waals surface area contributed by atoms with Crippen molar-refractivity contribution >= 4 is 5.82 Å². The van der Waals surface area contributed by atoms with Gasteiger partial charge in [-0.25, -0.2) is 0 Å². The smallest absolute Gasteiger partial charge is 0.169 e. The van der Waals surface area contributed by atoms with Crippen LogP contribution >= 0.6 is 0 Å². The molecule has 0 radical (unpaired) electrons. The molecule has 2 aromatic heterocycles. The second-order valence-electron chi connectivity index (χ2n) is 4.12. The quantitative estimate of drug-likeness (QED) is 0.760. The van der Waals surface area contributed by atoms with E-state index >= 15 is 0 Å². The van der Waals surface area contributed by atoms with Gasteiger partial charge in [0.2, 0.25) is 0 Å². The zero-order chi connectivity index (χ0) is 11.1. The number of nitrogen functional groups attached to an aromatic ring is 1. The second kappa shape index (κ2) is 3.33. The number of hydrogen-bond donors (Lipinski definition) is 1. The van der Waals surface area contributed by atoms with Gasteiger partial charge in [-0.15, -0.1) is 10.2 Å². The minimum Gasteiger partial charge on any atom is -0.383 e. The summed E-state index contributed by atoms with van der Waals surface area (Å²) in [5.74, 6) is 2.55. The van der Waals surface area contributed by atoms with Gasteiger partial charge in [-0.3, -0.25) is 4.68 Å². The van der Waals surface area contributed by atoms with Crippen LogP contribution in [0, 0.1) is 0 Å². The van der Waals surface area contributed by atoms with E-state index < -0.39 is 0 Å². The number of aryl methyl sites for hydroxylation is 2. The van der Waals surface area contributed by atoms with Gasteiger partial charge >= 0.3 is 0 Å². The van der Waals surface area contributed by atoms with E-state index in [1.165, 1.54) is 12.8 Å². The van der Waals surface area contributed by atoms with E-state index in [-0.39, 0.29) is 0 Å². The Morgan fingerprint density at radius 1 is 1.31 bits per heavy atom. The lowest BCUT2D eigenvalue weighted by Crippen LogP contribution is -2.11. The summed E-state index contributed by atoms with van der Waals surface area (Å²) in [6.45, 7) is 0.978. The third-order valence-corrected chi connectivity index (χ3v) is 3.09. The van der Waals surface area contributed by atoms with Gasteiger partial charge in [0.1, 0.15) is 11.6 Å². The molecule has 0 bridgehead atoms. The zero-order valence-corrected chi connectivity index (χ0v) is 9.22. The molecule has 3 rings (SSSR count). The van der Waals surface area contributed by atoms with E-state index in [0.717, 1.165) is 30.2 Å². The lowest BCUT2D eigenvalue weighted by molar-refractivity contribution is 0.526. The van der Waals surface area contributed by atoms with Crippen molar-refractivity contribution in [1.82, 2.24) is 24.5 Å². The molecule has 84 valence electrons. The van der Waals surface area contributed by atoms with Crippen molar-refractivity contribution in [2.24, 2.45) is 7.05 Å². The van der Waals surface area contributed by atoms with Crippen molar-refractivity contribution in [3.05, 3.63) is 12.0 Å². The van der Waals surface area contributed by atoms with Gasteiger partial charge < -0.3 is 10.3 Å². The molecule has 2 N–H and O–H groups in total. The molecule has 0 amide bonds. The Kier molecular flexibility index (Phi) is 1.95. The first-order chi connectivity index (χ1) is 7.77. The molecule has 0 aliphatic carbocycles. The van der Waals surface area contributed by atoms with Crippen LogP contribution in [0.2, 0.25) is 0 Å². The van der Waals surface area contributed by atoms with Crippen molar-refractivity contribution < 1.29 is 0 Å². The second-order valence-corrected chi connectivity index (χ2v) is 4.12. The highest BCUT2D eigenvalue weighted by atomic mass is 15.3. The molecule has 2 aromatic rings. The Bertz CT molecular complexity index is 523. The van der Waals surface area contributed by atoms with Crippen molar-refractivity contribution in [2.45, 2.75) is 25.8 Å². The van der Waals surface area contributed by atoms with Crippen LogP contribution < -0.4 is 5.73 Å². The van der Waals surface area contributed by atoms with Gasteiger partial charge in [-0.05, 0) is 12.8 Å². The number of anilines is 1. The van der Waals surface area contributed by atoms with Crippen molar-refractivity contribution in [3.8, 4) is 11.4 Å². The maximum atomic E-state index is 5.95. The number of rotatable bonds is 1. The first-order valence-electron chi connectivity index (χ1n) is 5.47. The molecule has 0 saturated heterocycles. The fourth-order valence-corrected chi connectivity index (χ4v) is 2.13. The molecule has 0 saturated carbocycles. The Hall–Kier alpha value is -1.85. The minimum absolute atomic E-state index is 0.640.